The molecule has 0 spiro atoms. The van der Waals surface area contributed by atoms with Gasteiger partial charge in [0.05, 0.1) is 11.4 Å². The molecule has 0 aliphatic carbocycles. The van der Waals surface area contributed by atoms with E-state index < -0.39 is 11.9 Å². The molecule has 0 aliphatic rings. The number of carbonyl (C=O) groups excluding carboxylic acids is 1. The van der Waals surface area contributed by atoms with Crippen LogP contribution in [-0.4, -0.2) is 27.0 Å². The molecule has 0 aliphatic heterocycles. The quantitative estimate of drug-likeness (QED) is 0.860. The summed E-state index contributed by atoms with van der Waals surface area (Å²) in [7, 11) is 0. The maximum atomic E-state index is 11.3. The van der Waals surface area contributed by atoms with E-state index in [2.05, 4.69) is 9.97 Å². The molecule has 1 aromatic carbocycles. The van der Waals surface area contributed by atoms with Crippen LogP contribution in [0.1, 0.15) is 26.7 Å². The molecule has 0 saturated carbocycles. The molecule has 2 rings (SSSR count). The van der Waals surface area contributed by atoms with Gasteiger partial charge in [0, 0.05) is 5.56 Å². The van der Waals surface area contributed by atoms with Crippen molar-refractivity contribution in [1.29, 1.82) is 0 Å². The van der Waals surface area contributed by atoms with Crippen molar-refractivity contribution in [2.75, 3.05) is 0 Å². The van der Waals surface area contributed by atoms with Gasteiger partial charge in [0.1, 0.15) is 5.56 Å². The lowest BCUT2D eigenvalue weighted by Gasteiger charge is -2.09. The Balaban J connectivity index is 2.76. The maximum Gasteiger partial charge on any atom is 0.339 e. The summed E-state index contributed by atoms with van der Waals surface area (Å²) in [6.45, 7) is 1.50. The minimum atomic E-state index is -1.15. The molecule has 1 aromatic heterocycles. The standard InChI is InChI=1S/C13H11N3O3/c1-7-9(13(18)19)10(8-5-3-2-4-6-8)16-12(15-7)11(14)17/h2-6H,1H3,(H2,14,17)(H,18,19). The Morgan fingerprint density at radius 1 is 1.16 bits per heavy atom. The summed E-state index contributed by atoms with van der Waals surface area (Å²) in [5.74, 6) is -2.13. The highest BCUT2D eigenvalue weighted by molar-refractivity contribution is 5.97. The highest BCUT2D eigenvalue weighted by Crippen LogP contribution is 2.23. The molecule has 96 valence electrons. The smallest absolute Gasteiger partial charge is 0.339 e. The zero-order chi connectivity index (χ0) is 14.0. The van der Waals surface area contributed by atoms with Gasteiger partial charge >= 0.3 is 5.97 Å². The van der Waals surface area contributed by atoms with Gasteiger partial charge in [0.15, 0.2) is 0 Å². The summed E-state index contributed by atoms with van der Waals surface area (Å²) in [6, 6.07) is 8.72. The molecule has 0 atom stereocenters. The van der Waals surface area contributed by atoms with Gasteiger partial charge in [-0.3, -0.25) is 4.79 Å². The predicted molar refractivity (Wildman–Crippen MR) is 67.7 cm³/mol. The Bertz CT molecular complexity index is 654. The lowest BCUT2D eigenvalue weighted by Crippen LogP contribution is -2.19. The van der Waals surface area contributed by atoms with Crippen molar-refractivity contribution in [3.63, 3.8) is 0 Å². The van der Waals surface area contributed by atoms with Crippen molar-refractivity contribution in [2.45, 2.75) is 6.92 Å². The van der Waals surface area contributed by atoms with Crippen LogP contribution >= 0.6 is 0 Å². The fraction of sp³-hybridized carbons (Fsp3) is 0.0769. The van der Waals surface area contributed by atoms with E-state index in [1.54, 1.807) is 30.3 Å². The molecule has 1 amide bonds. The summed E-state index contributed by atoms with van der Waals surface area (Å²) in [6.07, 6.45) is 0. The third-order valence-electron chi connectivity index (χ3n) is 2.57. The van der Waals surface area contributed by atoms with Gasteiger partial charge in [-0.25, -0.2) is 14.8 Å². The number of hydrogen-bond acceptors (Lipinski definition) is 4. The predicted octanol–water partition coefficient (Wildman–Crippen LogP) is 1.25. The number of aromatic nitrogens is 2. The first-order chi connectivity index (χ1) is 9.00. The number of carboxylic acid groups (broad SMARTS) is 1. The number of aryl methyl sites for hydroxylation is 1. The van der Waals surface area contributed by atoms with Gasteiger partial charge in [-0.2, -0.15) is 0 Å². The Labute approximate surface area is 108 Å². The molecule has 0 radical (unpaired) electrons. The summed E-state index contributed by atoms with van der Waals surface area (Å²) in [5.41, 5.74) is 6.10. The van der Waals surface area contributed by atoms with E-state index in [1.807, 2.05) is 0 Å². The van der Waals surface area contributed by atoms with Crippen molar-refractivity contribution in [1.82, 2.24) is 9.97 Å². The highest BCUT2D eigenvalue weighted by atomic mass is 16.4. The van der Waals surface area contributed by atoms with Gasteiger partial charge < -0.3 is 10.8 Å². The molecule has 1 heterocycles. The van der Waals surface area contributed by atoms with Crippen LogP contribution in [0.5, 0.6) is 0 Å². The van der Waals surface area contributed by atoms with E-state index >= 15 is 0 Å². The van der Waals surface area contributed by atoms with E-state index in [0.717, 1.165) is 0 Å². The van der Waals surface area contributed by atoms with Crippen LogP contribution in [0.4, 0.5) is 0 Å². The van der Waals surface area contributed by atoms with Crippen molar-refractivity contribution >= 4 is 11.9 Å². The molecule has 0 fully saturated rings. The molecule has 3 N–H and O–H groups in total. The number of benzene rings is 1. The van der Waals surface area contributed by atoms with Gasteiger partial charge in [-0.1, -0.05) is 30.3 Å². The monoisotopic (exact) mass is 257 g/mol. The molecule has 2 aromatic rings. The summed E-state index contributed by atoms with van der Waals surface area (Å²) >= 11 is 0. The number of nitrogens with zero attached hydrogens (tertiary/aromatic N) is 2. The first kappa shape index (κ1) is 12.7. The van der Waals surface area contributed by atoms with E-state index in [0.29, 0.717) is 5.56 Å². The first-order valence-corrected chi connectivity index (χ1v) is 5.48. The second-order valence-corrected chi connectivity index (χ2v) is 3.89. The van der Waals surface area contributed by atoms with Crippen LogP contribution in [0.2, 0.25) is 0 Å². The number of amides is 1. The van der Waals surface area contributed by atoms with Crippen molar-refractivity contribution < 1.29 is 14.7 Å². The van der Waals surface area contributed by atoms with Crippen LogP contribution < -0.4 is 5.73 Å². The van der Waals surface area contributed by atoms with Crippen molar-refractivity contribution in [3.05, 3.63) is 47.4 Å². The SMILES string of the molecule is Cc1nc(C(N)=O)nc(-c2ccccc2)c1C(=O)O. The van der Waals surface area contributed by atoms with Crippen molar-refractivity contribution in [3.8, 4) is 11.3 Å². The van der Waals surface area contributed by atoms with Gasteiger partial charge in [0.2, 0.25) is 5.82 Å². The van der Waals surface area contributed by atoms with Crippen LogP contribution in [-0.2, 0) is 0 Å². The molecule has 6 nitrogen and oxygen atoms in total. The fourth-order valence-electron chi connectivity index (χ4n) is 1.74. The molecule has 0 saturated heterocycles. The number of carbonyl (C=O) groups is 2. The van der Waals surface area contributed by atoms with E-state index in [1.165, 1.54) is 6.92 Å². The minimum Gasteiger partial charge on any atom is -0.478 e. The van der Waals surface area contributed by atoms with E-state index in [-0.39, 0.29) is 22.8 Å². The topological polar surface area (TPSA) is 106 Å². The normalized spacial score (nSPS) is 10.2. The van der Waals surface area contributed by atoms with Crippen LogP contribution in [0.15, 0.2) is 30.3 Å². The number of rotatable bonds is 3. The van der Waals surface area contributed by atoms with E-state index in [4.69, 9.17) is 5.73 Å². The lowest BCUT2D eigenvalue weighted by molar-refractivity contribution is 0.0695. The second-order valence-electron chi connectivity index (χ2n) is 3.89. The zero-order valence-corrected chi connectivity index (χ0v) is 10.1. The molecular formula is C13H11N3O3. The second kappa shape index (κ2) is 4.85. The summed E-state index contributed by atoms with van der Waals surface area (Å²) < 4.78 is 0. The molecule has 6 heteroatoms. The first-order valence-electron chi connectivity index (χ1n) is 5.48. The van der Waals surface area contributed by atoms with Crippen LogP contribution in [0.25, 0.3) is 11.3 Å². The van der Waals surface area contributed by atoms with E-state index in [9.17, 15) is 14.7 Å². The molecular weight excluding hydrogens is 246 g/mol. The van der Waals surface area contributed by atoms with Crippen LogP contribution in [0.3, 0.4) is 0 Å². The minimum absolute atomic E-state index is 0.0313. The third kappa shape index (κ3) is 2.42. The number of aromatic carboxylic acids is 1. The Morgan fingerprint density at radius 3 is 2.32 bits per heavy atom. The maximum absolute atomic E-state index is 11.3. The summed E-state index contributed by atoms with van der Waals surface area (Å²) in [4.78, 5) is 30.2. The average Bonchev–Trinajstić information content (AvgIpc) is 2.38. The lowest BCUT2D eigenvalue weighted by atomic mass is 10.0. The largest absolute Gasteiger partial charge is 0.478 e. The molecule has 0 unspecified atom stereocenters. The number of carboxylic acids is 1. The highest BCUT2D eigenvalue weighted by Gasteiger charge is 2.20. The third-order valence-corrected chi connectivity index (χ3v) is 2.57. The Kier molecular flexibility index (Phi) is 3.24. The van der Waals surface area contributed by atoms with Gasteiger partial charge in [-0.05, 0) is 6.92 Å². The van der Waals surface area contributed by atoms with Gasteiger partial charge in [-0.15, -0.1) is 0 Å². The Hall–Kier alpha value is -2.76. The Morgan fingerprint density at radius 2 is 1.79 bits per heavy atom. The molecule has 19 heavy (non-hydrogen) atoms. The number of nitrogens with two attached hydrogens (primary N) is 1. The van der Waals surface area contributed by atoms with Crippen LogP contribution in [0, 0.1) is 6.92 Å². The number of hydrogen-bond donors (Lipinski definition) is 2. The average molecular weight is 257 g/mol. The van der Waals surface area contributed by atoms with Gasteiger partial charge in [0.25, 0.3) is 5.91 Å². The summed E-state index contributed by atoms with van der Waals surface area (Å²) in [5, 5.41) is 9.24. The number of primary amides is 1. The fourth-order valence-corrected chi connectivity index (χ4v) is 1.74. The zero-order valence-electron chi connectivity index (χ0n) is 10.1. The van der Waals surface area contributed by atoms with Crippen molar-refractivity contribution in [2.24, 2.45) is 5.73 Å². The molecule has 0 bridgehead atoms.